The molecule has 0 aliphatic carbocycles. The Morgan fingerprint density at radius 2 is 2.44 bits per heavy atom. The van der Waals surface area contributed by atoms with Crippen molar-refractivity contribution >= 4 is 0 Å². The van der Waals surface area contributed by atoms with Gasteiger partial charge in [-0.15, -0.1) is 5.92 Å². The molecule has 3 N–H and O–H groups in total. The maximum atomic E-state index is 9.26. The minimum atomic E-state index is -0.679. The number of aliphatic hydroxyl groups is 1. The first-order chi connectivity index (χ1) is 8.83. The second kappa shape index (κ2) is 9.59. The molecule has 0 radical (unpaired) electrons. The Hall–Kier alpha value is -1.42. The number of rotatable bonds is 9. The first kappa shape index (κ1) is 14.6. The first-order valence-corrected chi connectivity index (χ1v) is 6.06. The van der Waals surface area contributed by atoms with Gasteiger partial charge in [0.05, 0.1) is 25.1 Å². The summed E-state index contributed by atoms with van der Waals surface area (Å²) in [6, 6.07) is 0. The molecule has 1 aromatic heterocycles. The van der Waals surface area contributed by atoms with E-state index in [1.165, 1.54) is 0 Å². The van der Waals surface area contributed by atoms with Crippen molar-refractivity contribution in [2.45, 2.75) is 25.9 Å². The lowest BCUT2D eigenvalue weighted by atomic mass is 10.2. The summed E-state index contributed by atoms with van der Waals surface area (Å²) in [6.07, 6.45) is 2.98. The third-order valence-corrected chi connectivity index (χ3v) is 2.26. The zero-order valence-electron chi connectivity index (χ0n) is 10.6. The number of hydrogen-bond donors (Lipinski definition) is 3. The highest BCUT2D eigenvalue weighted by molar-refractivity contribution is 5.01. The van der Waals surface area contributed by atoms with Crippen LogP contribution in [0.5, 0.6) is 0 Å². The molecule has 0 bridgehead atoms. The molecule has 18 heavy (non-hydrogen) atoms. The van der Waals surface area contributed by atoms with Gasteiger partial charge < -0.3 is 15.2 Å². The number of aromatic nitrogens is 3. The molecular formula is C12H20N4O2. The summed E-state index contributed by atoms with van der Waals surface area (Å²) in [4.78, 5) is 0. The third-order valence-electron chi connectivity index (χ3n) is 2.26. The van der Waals surface area contributed by atoms with E-state index in [0.29, 0.717) is 6.61 Å². The fourth-order valence-corrected chi connectivity index (χ4v) is 1.41. The molecule has 0 saturated carbocycles. The molecule has 1 aromatic rings. The molecule has 0 saturated heterocycles. The average molecular weight is 252 g/mol. The topological polar surface area (TPSA) is 83.1 Å². The van der Waals surface area contributed by atoms with E-state index >= 15 is 0 Å². The van der Waals surface area contributed by atoms with Crippen molar-refractivity contribution in [3.8, 4) is 11.8 Å². The van der Waals surface area contributed by atoms with Gasteiger partial charge in [0.2, 0.25) is 0 Å². The van der Waals surface area contributed by atoms with E-state index in [0.717, 1.165) is 31.6 Å². The fourth-order valence-electron chi connectivity index (χ4n) is 1.41. The van der Waals surface area contributed by atoms with E-state index in [-0.39, 0.29) is 6.61 Å². The highest BCUT2D eigenvalue weighted by Crippen LogP contribution is 1.93. The van der Waals surface area contributed by atoms with Gasteiger partial charge in [-0.05, 0) is 26.3 Å². The predicted octanol–water partition coefficient (Wildman–Crippen LogP) is -0.272. The number of aliphatic hydroxyl groups excluding tert-OH is 1. The van der Waals surface area contributed by atoms with Crippen molar-refractivity contribution < 1.29 is 9.84 Å². The first-order valence-electron chi connectivity index (χ1n) is 6.06. The van der Waals surface area contributed by atoms with Gasteiger partial charge in [-0.1, -0.05) is 5.92 Å². The van der Waals surface area contributed by atoms with Crippen LogP contribution in [0.4, 0.5) is 0 Å². The molecule has 1 heterocycles. The summed E-state index contributed by atoms with van der Waals surface area (Å²) in [6.45, 7) is 4.21. The highest BCUT2D eigenvalue weighted by atomic mass is 16.5. The van der Waals surface area contributed by atoms with Crippen molar-refractivity contribution in [2.75, 3.05) is 26.3 Å². The fraction of sp³-hybridized carbons (Fsp3) is 0.667. The van der Waals surface area contributed by atoms with E-state index in [2.05, 4.69) is 32.6 Å². The molecule has 0 aliphatic rings. The van der Waals surface area contributed by atoms with E-state index in [4.69, 9.17) is 4.74 Å². The van der Waals surface area contributed by atoms with Gasteiger partial charge in [-0.3, -0.25) is 0 Å². The maximum Gasteiger partial charge on any atom is 0.137 e. The van der Waals surface area contributed by atoms with Gasteiger partial charge in [0.15, 0.2) is 0 Å². The normalized spacial score (nSPS) is 11.9. The van der Waals surface area contributed by atoms with Crippen LogP contribution in [-0.2, 0) is 11.2 Å². The van der Waals surface area contributed by atoms with E-state index in [1.807, 2.05) is 0 Å². The van der Waals surface area contributed by atoms with E-state index in [1.54, 1.807) is 13.1 Å². The summed E-state index contributed by atoms with van der Waals surface area (Å²) in [5.74, 6) is 5.26. The van der Waals surface area contributed by atoms with Gasteiger partial charge >= 0.3 is 0 Å². The molecule has 6 heteroatoms. The number of ether oxygens (including phenoxy) is 1. The highest BCUT2D eigenvalue weighted by Gasteiger charge is 1.98. The number of nitrogens with one attached hydrogen (secondary N) is 2. The van der Waals surface area contributed by atoms with E-state index in [9.17, 15) is 5.11 Å². The molecule has 0 aromatic carbocycles. The molecule has 0 amide bonds. The lowest BCUT2D eigenvalue weighted by molar-refractivity contribution is 0.0654. The lowest BCUT2D eigenvalue weighted by Gasteiger charge is -2.06. The number of hydrogen-bond acceptors (Lipinski definition) is 5. The van der Waals surface area contributed by atoms with Gasteiger partial charge in [-0.2, -0.15) is 15.4 Å². The molecule has 100 valence electrons. The largest absolute Gasteiger partial charge is 0.378 e. The number of nitrogens with zero attached hydrogens (tertiary/aromatic N) is 2. The summed E-state index contributed by atoms with van der Waals surface area (Å²) in [5, 5.41) is 22.8. The van der Waals surface area contributed by atoms with Crippen LogP contribution in [-0.4, -0.2) is 52.9 Å². The Bertz CT molecular complexity index is 356. The van der Waals surface area contributed by atoms with Gasteiger partial charge in [0.1, 0.15) is 6.10 Å². The van der Waals surface area contributed by atoms with Crippen molar-refractivity contribution in [3.05, 3.63) is 11.9 Å². The Morgan fingerprint density at radius 1 is 1.56 bits per heavy atom. The zero-order valence-corrected chi connectivity index (χ0v) is 10.6. The van der Waals surface area contributed by atoms with Crippen LogP contribution in [0, 0.1) is 11.8 Å². The second-order valence-corrected chi connectivity index (χ2v) is 3.80. The van der Waals surface area contributed by atoms with Crippen molar-refractivity contribution in [3.63, 3.8) is 0 Å². The standard InChI is InChI=1S/C12H20N4O2/c1-2-4-12(17)10-18-8-7-13-6-3-5-11-9-14-16-15-11/h9,12-13,17H,3,5-8,10H2,1H3,(H,14,15,16). The van der Waals surface area contributed by atoms with Crippen LogP contribution in [0.1, 0.15) is 19.0 Å². The van der Waals surface area contributed by atoms with Gasteiger partial charge in [0.25, 0.3) is 0 Å². The maximum absolute atomic E-state index is 9.26. The van der Waals surface area contributed by atoms with Gasteiger partial charge in [-0.25, -0.2) is 0 Å². The Morgan fingerprint density at radius 3 is 3.17 bits per heavy atom. The molecule has 1 unspecified atom stereocenters. The quantitative estimate of drug-likeness (QED) is 0.416. The summed E-state index contributed by atoms with van der Waals surface area (Å²) >= 11 is 0. The third kappa shape index (κ3) is 7.01. The van der Waals surface area contributed by atoms with Crippen LogP contribution in [0.2, 0.25) is 0 Å². The Kier molecular flexibility index (Phi) is 7.80. The van der Waals surface area contributed by atoms with E-state index < -0.39 is 6.10 Å². The number of aryl methyl sites for hydroxylation is 1. The van der Waals surface area contributed by atoms with Crippen molar-refractivity contribution in [2.24, 2.45) is 0 Å². The molecule has 1 rings (SSSR count). The van der Waals surface area contributed by atoms with Crippen molar-refractivity contribution in [1.82, 2.24) is 20.7 Å². The smallest absolute Gasteiger partial charge is 0.137 e. The molecule has 6 nitrogen and oxygen atoms in total. The summed E-state index contributed by atoms with van der Waals surface area (Å²) < 4.78 is 5.26. The van der Waals surface area contributed by atoms with Crippen LogP contribution < -0.4 is 5.32 Å². The molecule has 0 fully saturated rings. The average Bonchev–Trinajstić information content (AvgIpc) is 2.86. The van der Waals surface area contributed by atoms with Crippen LogP contribution >= 0.6 is 0 Å². The summed E-state index contributed by atoms with van der Waals surface area (Å²) in [5.41, 5.74) is 0.981. The van der Waals surface area contributed by atoms with Crippen molar-refractivity contribution in [1.29, 1.82) is 0 Å². The Balaban J connectivity index is 1.85. The molecule has 0 aliphatic heterocycles. The number of H-pyrrole nitrogens is 1. The minimum Gasteiger partial charge on any atom is -0.378 e. The van der Waals surface area contributed by atoms with Crippen LogP contribution in [0.15, 0.2) is 6.20 Å². The summed E-state index contributed by atoms with van der Waals surface area (Å²) in [7, 11) is 0. The predicted molar refractivity (Wildman–Crippen MR) is 67.8 cm³/mol. The minimum absolute atomic E-state index is 0.265. The van der Waals surface area contributed by atoms with Gasteiger partial charge in [0, 0.05) is 6.54 Å². The monoisotopic (exact) mass is 252 g/mol. The zero-order chi connectivity index (χ0) is 13.1. The SMILES string of the molecule is CC#CC(O)COCCNCCCc1cn[nH]n1. The second-order valence-electron chi connectivity index (χ2n) is 3.80. The molecule has 1 atom stereocenters. The molecule has 0 spiro atoms. The van der Waals surface area contributed by atoms with Crippen LogP contribution in [0.25, 0.3) is 0 Å². The Labute approximate surface area is 107 Å². The van der Waals surface area contributed by atoms with Crippen LogP contribution in [0.3, 0.4) is 0 Å². The lowest BCUT2D eigenvalue weighted by Crippen LogP contribution is -2.23. The number of aromatic amines is 1. The molecular weight excluding hydrogens is 232 g/mol.